The Morgan fingerprint density at radius 3 is 2.79 bits per heavy atom. The van der Waals surface area contributed by atoms with Gasteiger partial charge in [-0.05, 0) is 54.6 Å². The van der Waals surface area contributed by atoms with Gasteiger partial charge in [0.15, 0.2) is 0 Å². The number of nitrogens with one attached hydrogen (secondary N) is 1. The number of nitrogens with zero attached hydrogens (tertiary/aromatic N) is 2. The maximum atomic E-state index is 13.5. The van der Waals surface area contributed by atoms with Crippen LogP contribution in [-0.2, 0) is 11.2 Å². The highest BCUT2D eigenvalue weighted by atomic mass is 19.1. The molecule has 1 fully saturated rings. The molecule has 0 spiro atoms. The normalized spacial score (nSPS) is 27.1. The molecule has 0 aliphatic carbocycles. The minimum absolute atomic E-state index is 0.00697. The van der Waals surface area contributed by atoms with Crippen LogP contribution in [0.25, 0.3) is 0 Å². The average molecular weight is 379 g/mol. The second-order valence-corrected chi connectivity index (χ2v) is 7.98. The van der Waals surface area contributed by atoms with E-state index in [1.165, 1.54) is 24.0 Å². The van der Waals surface area contributed by atoms with Gasteiger partial charge in [-0.2, -0.15) is 0 Å². The minimum atomic E-state index is -0.210. The summed E-state index contributed by atoms with van der Waals surface area (Å²) in [5.74, 6) is 0.315. The zero-order valence-electron chi connectivity index (χ0n) is 16.0. The van der Waals surface area contributed by atoms with Crippen molar-refractivity contribution in [1.82, 2.24) is 10.2 Å². The first-order valence-corrected chi connectivity index (χ1v) is 10.3. The molecule has 3 aliphatic rings. The predicted molar refractivity (Wildman–Crippen MR) is 108 cm³/mol. The second kappa shape index (κ2) is 7.55. The number of piperidine rings is 1. The van der Waals surface area contributed by atoms with E-state index >= 15 is 0 Å². The standard InChI is InChI=1S/C23H26FN3O/c24-19-9-7-17(8-10-19)22-20-6-2-1-4-16(20)11-13-27(22)23-26-15-21(28-23)18-5-3-12-25-14-18/h1-2,4,6-10,18,21-22,25H,3,5,11-15H2/t18-,21+,22+/m1/s1. The SMILES string of the molecule is Fc1ccc([C@H]2c3ccccc3CCN2C2=NC[C@@H]([C@@H]3CCCNC3)O2)cc1. The van der Waals surface area contributed by atoms with Gasteiger partial charge in [0.2, 0.25) is 0 Å². The fraction of sp³-hybridized carbons (Fsp3) is 0.435. The van der Waals surface area contributed by atoms with Crippen molar-refractivity contribution < 1.29 is 9.13 Å². The first-order chi connectivity index (χ1) is 13.8. The van der Waals surface area contributed by atoms with Gasteiger partial charge < -0.3 is 15.0 Å². The highest BCUT2D eigenvalue weighted by molar-refractivity contribution is 5.77. The Morgan fingerprint density at radius 2 is 1.96 bits per heavy atom. The predicted octanol–water partition coefficient (Wildman–Crippen LogP) is 3.53. The van der Waals surface area contributed by atoms with Crippen LogP contribution in [0.15, 0.2) is 53.5 Å². The largest absolute Gasteiger partial charge is 0.460 e. The van der Waals surface area contributed by atoms with Crippen LogP contribution in [0.3, 0.4) is 0 Å². The van der Waals surface area contributed by atoms with Crippen LogP contribution < -0.4 is 5.32 Å². The lowest BCUT2D eigenvalue weighted by Gasteiger charge is -2.39. The number of rotatable bonds is 2. The molecule has 1 N–H and O–H groups in total. The zero-order chi connectivity index (χ0) is 18.9. The molecule has 0 amide bonds. The van der Waals surface area contributed by atoms with Crippen molar-refractivity contribution >= 4 is 6.02 Å². The minimum Gasteiger partial charge on any atom is -0.460 e. The molecule has 3 atom stereocenters. The Morgan fingerprint density at radius 1 is 1.11 bits per heavy atom. The fourth-order valence-corrected chi connectivity index (χ4v) is 4.76. The van der Waals surface area contributed by atoms with Gasteiger partial charge in [0, 0.05) is 19.0 Å². The molecule has 3 heterocycles. The molecule has 5 rings (SSSR count). The Hall–Kier alpha value is -2.40. The first kappa shape index (κ1) is 17.7. The molecule has 0 radical (unpaired) electrons. The number of fused-ring (bicyclic) bond motifs is 1. The van der Waals surface area contributed by atoms with Gasteiger partial charge in [-0.15, -0.1) is 0 Å². The third kappa shape index (κ3) is 3.28. The summed E-state index contributed by atoms with van der Waals surface area (Å²) >= 11 is 0. The lowest BCUT2D eigenvalue weighted by Crippen LogP contribution is -2.43. The summed E-state index contributed by atoms with van der Waals surface area (Å²) in [5, 5.41) is 3.48. The summed E-state index contributed by atoms with van der Waals surface area (Å²) in [5.41, 5.74) is 3.68. The molecule has 3 aliphatic heterocycles. The molecule has 0 bridgehead atoms. The monoisotopic (exact) mass is 379 g/mol. The van der Waals surface area contributed by atoms with Crippen LogP contribution in [0, 0.1) is 11.7 Å². The number of hydrogen-bond donors (Lipinski definition) is 1. The number of amidine groups is 1. The summed E-state index contributed by atoms with van der Waals surface area (Å²) in [7, 11) is 0. The van der Waals surface area contributed by atoms with E-state index in [0.29, 0.717) is 5.92 Å². The van der Waals surface area contributed by atoms with Crippen molar-refractivity contribution in [3.05, 3.63) is 71.0 Å². The number of benzene rings is 2. The smallest absolute Gasteiger partial charge is 0.288 e. The highest BCUT2D eigenvalue weighted by Crippen LogP contribution is 2.37. The van der Waals surface area contributed by atoms with Gasteiger partial charge in [-0.3, -0.25) is 0 Å². The van der Waals surface area contributed by atoms with E-state index < -0.39 is 0 Å². The third-order valence-electron chi connectivity index (χ3n) is 6.24. The van der Waals surface area contributed by atoms with Gasteiger partial charge in [0.1, 0.15) is 11.9 Å². The van der Waals surface area contributed by atoms with Gasteiger partial charge in [0.25, 0.3) is 6.02 Å². The number of halogens is 1. The quantitative estimate of drug-likeness (QED) is 0.867. The molecule has 0 unspecified atom stereocenters. The molecule has 146 valence electrons. The Labute approximate surface area is 165 Å². The number of hydrogen-bond acceptors (Lipinski definition) is 4. The molecule has 2 aromatic rings. The molecule has 2 aromatic carbocycles. The maximum Gasteiger partial charge on any atom is 0.288 e. The van der Waals surface area contributed by atoms with Gasteiger partial charge in [-0.1, -0.05) is 36.4 Å². The third-order valence-corrected chi connectivity index (χ3v) is 6.24. The van der Waals surface area contributed by atoms with Crippen LogP contribution in [-0.4, -0.2) is 43.2 Å². The molecular formula is C23H26FN3O. The zero-order valence-corrected chi connectivity index (χ0v) is 16.0. The second-order valence-electron chi connectivity index (χ2n) is 7.98. The molecule has 0 aromatic heterocycles. The average Bonchev–Trinajstić information content (AvgIpc) is 3.24. The number of aliphatic imine (C=N–C) groups is 1. The Kier molecular flexibility index (Phi) is 4.77. The molecule has 4 nitrogen and oxygen atoms in total. The summed E-state index contributed by atoms with van der Waals surface area (Å²) in [6.45, 7) is 3.70. The molecule has 1 saturated heterocycles. The van der Waals surface area contributed by atoms with Crippen molar-refractivity contribution in [3.63, 3.8) is 0 Å². The summed E-state index contributed by atoms with van der Waals surface area (Å²) in [4.78, 5) is 7.07. The highest BCUT2D eigenvalue weighted by Gasteiger charge is 2.37. The van der Waals surface area contributed by atoms with Gasteiger partial charge >= 0.3 is 0 Å². The Bertz CT molecular complexity index is 860. The summed E-state index contributed by atoms with van der Waals surface area (Å²) < 4.78 is 19.9. The summed E-state index contributed by atoms with van der Waals surface area (Å²) in [6.07, 6.45) is 3.53. The van der Waals surface area contributed by atoms with Crippen LogP contribution in [0.1, 0.15) is 35.6 Å². The van der Waals surface area contributed by atoms with Crippen LogP contribution in [0.5, 0.6) is 0 Å². The van der Waals surface area contributed by atoms with Crippen molar-refractivity contribution in [3.8, 4) is 0 Å². The molecule has 0 saturated carbocycles. The van der Waals surface area contributed by atoms with E-state index in [1.807, 2.05) is 12.1 Å². The van der Waals surface area contributed by atoms with Crippen molar-refractivity contribution in [2.75, 3.05) is 26.2 Å². The van der Waals surface area contributed by atoms with E-state index in [0.717, 1.165) is 44.2 Å². The first-order valence-electron chi connectivity index (χ1n) is 10.3. The lowest BCUT2D eigenvalue weighted by molar-refractivity contribution is 0.104. The van der Waals surface area contributed by atoms with Gasteiger partial charge in [0.05, 0.1) is 12.6 Å². The van der Waals surface area contributed by atoms with Crippen molar-refractivity contribution in [2.45, 2.75) is 31.4 Å². The lowest BCUT2D eigenvalue weighted by atomic mass is 9.88. The number of ether oxygens (including phenoxy) is 1. The molecular weight excluding hydrogens is 353 g/mol. The van der Waals surface area contributed by atoms with E-state index in [-0.39, 0.29) is 18.0 Å². The van der Waals surface area contributed by atoms with E-state index in [9.17, 15) is 4.39 Å². The van der Waals surface area contributed by atoms with Gasteiger partial charge in [-0.25, -0.2) is 9.38 Å². The fourth-order valence-electron chi connectivity index (χ4n) is 4.76. The topological polar surface area (TPSA) is 36.9 Å². The maximum absolute atomic E-state index is 13.5. The van der Waals surface area contributed by atoms with E-state index in [2.05, 4.69) is 34.5 Å². The van der Waals surface area contributed by atoms with Crippen LogP contribution >= 0.6 is 0 Å². The Balaban J connectivity index is 1.44. The molecule has 28 heavy (non-hydrogen) atoms. The van der Waals surface area contributed by atoms with Crippen molar-refractivity contribution in [1.29, 1.82) is 0 Å². The van der Waals surface area contributed by atoms with Crippen LogP contribution in [0.2, 0.25) is 0 Å². The summed E-state index contributed by atoms with van der Waals surface area (Å²) in [6, 6.07) is 16.1. The van der Waals surface area contributed by atoms with E-state index in [4.69, 9.17) is 9.73 Å². The van der Waals surface area contributed by atoms with E-state index in [1.54, 1.807) is 12.1 Å². The van der Waals surface area contributed by atoms with Crippen molar-refractivity contribution in [2.24, 2.45) is 10.9 Å². The molecule has 5 heteroatoms. The van der Waals surface area contributed by atoms with Crippen LogP contribution in [0.4, 0.5) is 4.39 Å².